The average Bonchev–Trinajstić information content (AvgIpc) is 2.85. The van der Waals surface area contributed by atoms with Gasteiger partial charge in [-0.15, -0.1) is 13.2 Å². The summed E-state index contributed by atoms with van der Waals surface area (Å²) < 4.78 is 53.6. The third-order valence-electron chi connectivity index (χ3n) is 5.75. The number of alkyl halides is 3. The number of carbonyl (C=O) groups is 1. The fourth-order valence-electron chi connectivity index (χ4n) is 3.73. The Labute approximate surface area is 215 Å². The summed E-state index contributed by atoms with van der Waals surface area (Å²) in [5.74, 6) is -0.0203. The number of halogens is 3. The lowest BCUT2D eigenvalue weighted by Crippen LogP contribution is -2.47. The summed E-state index contributed by atoms with van der Waals surface area (Å²) in [6, 6.07) is 7.54. The highest BCUT2D eigenvalue weighted by molar-refractivity contribution is 6.02. The molecule has 1 aromatic carbocycles. The molecule has 0 heterocycles. The van der Waals surface area contributed by atoms with Crippen molar-refractivity contribution in [3.05, 3.63) is 53.5 Å². The second-order valence-corrected chi connectivity index (χ2v) is 8.71. The predicted molar refractivity (Wildman–Crippen MR) is 134 cm³/mol. The van der Waals surface area contributed by atoms with E-state index in [1.807, 2.05) is 31.2 Å². The molecule has 0 bridgehead atoms. The molecular weight excluding hydrogens is 491 g/mol. The van der Waals surface area contributed by atoms with E-state index in [1.54, 1.807) is 27.2 Å². The Hall–Kier alpha value is -3.21. The van der Waals surface area contributed by atoms with Gasteiger partial charge in [0.05, 0.1) is 13.0 Å². The smallest absolute Gasteiger partial charge is 0.497 e. The maximum Gasteiger partial charge on any atom is 0.572 e. The number of ether oxygens (including phenoxy) is 3. The molecule has 0 saturated heterocycles. The fraction of sp³-hybridized carbons (Fsp3) is 0.538. The minimum absolute atomic E-state index is 0.0386. The summed E-state index contributed by atoms with van der Waals surface area (Å²) in [7, 11) is 3.13. The van der Waals surface area contributed by atoms with Gasteiger partial charge in [-0.3, -0.25) is 9.79 Å². The number of nitrogens with zero attached hydrogens (tertiary/aromatic N) is 1. The number of aliphatic hydroxyl groups excluding tert-OH is 1. The van der Waals surface area contributed by atoms with Crippen molar-refractivity contribution in [1.29, 1.82) is 0 Å². The Morgan fingerprint density at radius 2 is 1.92 bits per heavy atom. The van der Waals surface area contributed by atoms with Gasteiger partial charge in [0.2, 0.25) is 5.91 Å². The Kier molecular flexibility index (Phi) is 11.8. The molecule has 1 amide bonds. The summed E-state index contributed by atoms with van der Waals surface area (Å²) in [4.78, 5) is 16.8. The number of rotatable bonds is 13. The van der Waals surface area contributed by atoms with E-state index in [9.17, 15) is 18.0 Å². The molecule has 3 atom stereocenters. The van der Waals surface area contributed by atoms with Gasteiger partial charge in [-0.1, -0.05) is 19.1 Å². The van der Waals surface area contributed by atoms with Gasteiger partial charge >= 0.3 is 6.36 Å². The Morgan fingerprint density at radius 3 is 2.51 bits per heavy atom. The lowest BCUT2D eigenvalue weighted by atomic mass is 9.98. The monoisotopic (exact) mass is 527 g/mol. The lowest BCUT2D eigenvalue weighted by Gasteiger charge is -2.30. The highest BCUT2D eigenvalue weighted by atomic mass is 19.4. The minimum atomic E-state index is -4.78. The van der Waals surface area contributed by atoms with Gasteiger partial charge < -0.3 is 30.0 Å². The zero-order valence-corrected chi connectivity index (χ0v) is 21.6. The van der Waals surface area contributed by atoms with Crippen LogP contribution in [0.3, 0.4) is 0 Å². The molecular formula is C26H36F3N3O5. The number of carbonyl (C=O) groups excluding carboxylic acids is 1. The largest absolute Gasteiger partial charge is 0.572 e. The molecule has 0 spiro atoms. The zero-order valence-electron chi connectivity index (χ0n) is 21.6. The molecule has 11 heteroatoms. The molecule has 2 rings (SSSR count). The lowest BCUT2D eigenvalue weighted by molar-refractivity contribution is -0.306. The molecule has 8 nitrogen and oxygen atoms in total. The van der Waals surface area contributed by atoms with Crippen LogP contribution < -0.4 is 15.4 Å². The van der Waals surface area contributed by atoms with Crippen LogP contribution in [0.15, 0.2) is 52.9 Å². The number of nitrogens with one attached hydrogen (secondary N) is 2. The van der Waals surface area contributed by atoms with E-state index in [0.717, 1.165) is 11.3 Å². The number of hydrogen-bond donors (Lipinski definition) is 3. The van der Waals surface area contributed by atoms with Crippen molar-refractivity contribution >= 4 is 11.7 Å². The molecule has 1 aliphatic rings. The summed E-state index contributed by atoms with van der Waals surface area (Å²) in [5, 5.41) is 14.9. The van der Waals surface area contributed by atoms with Crippen LogP contribution in [0.2, 0.25) is 0 Å². The molecule has 1 aromatic rings. The molecule has 3 N–H and O–H groups in total. The SMILES string of the molecule is CN=C(NC(OC1=CCCC(OC(F)(F)F)=C1)C(C)Cc1ccc(OC)cc1)C(C)C(=O)NCCCO. The van der Waals surface area contributed by atoms with E-state index in [4.69, 9.17) is 14.6 Å². The van der Waals surface area contributed by atoms with Crippen LogP contribution in [0.4, 0.5) is 13.2 Å². The van der Waals surface area contributed by atoms with Crippen molar-refractivity contribution in [3.63, 3.8) is 0 Å². The number of amides is 1. The van der Waals surface area contributed by atoms with Gasteiger partial charge in [-0.2, -0.15) is 0 Å². The topological polar surface area (TPSA) is 101 Å². The first-order valence-corrected chi connectivity index (χ1v) is 12.1. The Morgan fingerprint density at radius 1 is 1.22 bits per heavy atom. The Bertz CT molecular complexity index is 961. The van der Waals surface area contributed by atoms with E-state index in [1.165, 1.54) is 6.08 Å². The van der Waals surface area contributed by atoms with Crippen molar-refractivity contribution in [2.24, 2.45) is 16.8 Å². The average molecular weight is 528 g/mol. The summed E-state index contributed by atoms with van der Waals surface area (Å²) in [6.45, 7) is 3.90. The van der Waals surface area contributed by atoms with Crippen molar-refractivity contribution in [1.82, 2.24) is 10.6 Å². The van der Waals surface area contributed by atoms with E-state index in [2.05, 4.69) is 20.4 Å². The second-order valence-electron chi connectivity index (χ2n) is 8.71. The van der Waals surface area contributed by atoms with Crippen LogP contribution in [0.1, 0.15) is 38.7 Å². The molecule has 3 unspecified atom stereocenters. The number of amidine groups is 1. The number of methoxy groups -OCH3 is 1. The first kappa shape index (κ1) is 30.0. The molecule has 0 radical (unpaired) electrons. The first-order chi connectivity index (χ1) is 17.6. The van der Waals surface area contributed by atoms with Gasteiger partial charge in [0.25, 0.3) is 0 Å². The summed E-state index contributed by atoms with van der Waals surface area (Å²) in [5.41, 5.74) is 1.00. The van der Waals surface area contributed by atoms with Gasteiger partial charge in [-0.25, -0.2) is 0 Å². The van der Waals surface area contributed by atoms with Crippen LogP contribution in [-0.2, 0) is 20.7 Å². The molecule has 0 aromatic heterocycles. The van der Waals surface area contributed by atoms with Crippen molar-refractivity contribution in [2.75, 3.05) is 27.3 Å². The first-order valence-electron chi connectivity index (χ1n) is 12.1. The summed E-state index contributed by atoms with van der Waals surface area (Å²) >= 11 is 0. The molecule has 206 valence electrons. The van der Waals surface area contributed by atoms with Gasteiger partial charge in [0.15, 0.2) is 6.23 Å². The number of allylic oxidation sites excluding steroid dienone is 3. The number of benzene rings is 1. The Balaban J connectivity index is 2.22. The van der Waals surface area contributed by atoms with Crippen LogP contribution in [0.5, 0.6) is 5.75 Å². The quantitative estimate of drug-likeness (QED) is 0.155. The van der Waals surface area contributed by atoms with E-state index >= 15 is 0 Å². The number of aliphatic hydroxyl groups is 1. The normalized spacial score (nSPS) is 16.6. The standard InChI is InChI=1S/C26H36F3N3O5/c1-17(15-19-9-11-20(35-4)12-10-19)25(32-23(30-3)18(2)24(34)31-13-6-14-33)36-21-7-5-8-22(16-21)37-26(27,28)29/h7,9-12,16-18,25,33H,5-6,8,13-15H2,1-4H3,(H,30,32)(H,31,34). The fourth-order valence-corrected chi connectivity index (χ4v) is 3.73. The van der Waals surface area contributed by atoms with Crippen LogP contribution in [-0.4, -0.2) is 56.7 Å². The van der Waals surface area contributed by atoms with Crippen LogP contribution in [0.25, 0.3) is 0 Å². The van der Waals surface area contributed by atoms with E-state index in [0.29, 0.717) is 31.6 Å². The van der Waals surface area contributed by atoms with E-state index < -0.39 is 18.5 Å². The van der Waals surface area contributed by atoms with Crippen LogP contribution >= 0.6 is 0 Å². The third kappa shape index (κ3) is 10.4. The van der Waals surface area contributed by atoms with Gasteiger partial charge in [-0.05, 0) is 50.0 Å². The maximum atomic E-state index is 12.7. The van der Waals surface area contributed by atoms with Crippen molar-refractivity contribution < 1.29 is 37.3 Å². The molecule has 1 aliphatic carbocycles. The minimum Gasteiger partial charge on any atom is -0.497 e. The molecule has 0 aliphatic heterocycles. The van der Waals surface area contributed by atoms with Crippen LogP contribution in [0, 0.1) is 11.8 Å². The molecule has 37 heavy (non-hydrogen) atoms. The number of aliphatic imine (C=N–C) groups is 1. The molecule has 0 saturated carbocycles. The zero-order chi connectivity index (χ0) is 27.4. The third-order valence-corrected chi connectivity index (χ3v) is 5.75. The predicted octanol–water partition coefficient (Wildman–Crippen LogP) is 4.07. The van der Waals surface area contributed by atoms with Gasteiger partial charge in [0.1, 0.15) is 23.1 Å². The maximum absolute atomic E-state index is 12.7. The molecule has 0 fully saturated rings. The van der Waals surface area contributed by atoms with Crippen molar-refractivity contribution in [3.8, 4) is 5.75 Å². The number of hydrogen-bond acceptors (Lipinski definition) is 6. The van der Waals surface area contributed by atoms with Gasteiger partial charge in [0, 0.05) is 38.6 Å². The highest BCUT2D eigenvalue weighted by Crippen LogP contribution is 2.28. The van der Waals surface area contributed by atoms with Crippen molar-refractivity contribution in [2.45, 2.75) is 52.1 Å². The highest BCUT2D eigenvalue weighted by Gasteiger charge is 2.33. The summed E-state index contributed by atoms with van der Waals surface area (Å²) in [6.07, 6.45) is -1.13. The van der Waals surface area contributed by atoms with E-state index in [-0.39, 0.29) is 36.4 Å². The second kappa shape index (κ2) is 14.5.